The molecular weight excluding hydrogens is 376 g/mol. The lowest BCUT2D eigenvalue weighted by Crippen LogP contribution is -2.44. The molecule has 1 heterocycles. The number of rotatable bonds is 6. The summed E-state index contributed by atoms with van der Waals surface area (Å²) in [6.07, 6.45) is 7.56. The Bertz CT molecular complexity index is 818. The summed E-state index contributed by atoms with van der Waals surface area (Å²) in [7, 11) is 0. The second kappa shape index (κ2) is 7.50. The molecule has 3 aliphatic carbocycles. The minimum atomic E-state index is -1.13. The number of anilines is 1. The summed E-state index contributed by atoms with van der Waals surface area (Å²) in [5.41, 5.74) is 7.06. The Morgan fingerprint density at radius 3 is 2.54 bits per heavy atom. The maximum absolute atomic E-state index is 13.0. The molecule has 0 aromatic carbocycles. The lowest BCUT2D eigenvalue weighted by Gasteiger charge is -2.30. The number of hydrogen-bond donors (Lipinski definition) is 2. The number of hydrogen-bond acceptors (Lipinski definition) is 5. The van der Waals surface area contributed by atoms with E-state index in [1.54, 1.807) is 0 Å². The van der Waals surface area contributed by atoms with Crippen LogP contribution in [0.15, 0.2) is 0 Å². The van der Waals surface area contributed by atoms with Crippen LogP contribution in [0.5, 0.6) is 0 Å². The van der Waals surface area contributed by atoms with Gasteiger partial charge in [0.15, 0.2) is 0 Å². The Balaban J connectivity index is 1.59. The predicted molar refractivity (Wildman–Crippen MR) is 105 cm³/mol. The van der Waals surface area contributed by atoms with Gasteiger partial charge in [-0.05, 0) is 61.8 Å². The second-order valence-corrected chi connectivity index (χ2v) is 9.77. The SMILES string of the molecule is CCC[C@@H]1CCc2c(sc(NC(=O)[C@@H]3[C@@H]4CC[C@H](C4)[C@@H]3C(=O)[O-])c2C(N)=O)C1. The van der Waals surface area contributed by atoms with Crippen LogP contribution < -0.4 is 16.2 Å². The quantitative estimate of drug-likeness (QED) is 0.757. The number of carboxylic acid groups (broad SMARTS) is 1. The zero-order valence-electron chi connectivity index (χ0n) is 16.2. The average Bonchev–Trinajstić information content (AvgIpc) is 3.33. The Labute approximate surface area is 168 Å². The van der Waals surface area contributed by atoms with Crippen molar-refractivity contribution in [3.05, 3.63) is 16.0 Å². The van der Waals surface area contributed by atoms with Crippen LogP contribution in [0.2, 0.25) is 0 Å². The predicted octanol–water partition coefficient (Wildman–Crippen LogP) is 2.10. The molecule has 0 spiro atoms. The van der Waals surface area contributed by atoms with Gasteiger partial charge in [-0.15, -0.1) is 11.3 Å². The third-order valence-corrected chi connectivity index (χ3v) is 8.21. The van der Waals surface area contributed by atoms with Crippen LogP contribution in [0.25, 0.3) is 0 Å². The average molecular weight is 404 g/mol. The largest absolute Gasteiger partial charge is 0.550 e. The minimum Gasteiger partial charge on any atom is -0.550 e. The summed E-state index contributed by atoms with van der Waals surface area (Å²) in [5, 5.41) is 15.0. The third-order valence-electron chi connectivity index (χ3n) is 7.04. The van der Waals surface area contributed by atoms with Crippen molar-refractivity contribution < 1.29 is 19.5 Å². The minimum absolute atomic E-state index is 0.0349. The molecule has 2 bridgehead atoms. The Morgan fingerprint density at radius 2 is 1.89 bits per heavy atom. The van der Waals surface area contributed by atoms with Crippen molar-refractivity contribution in [1.82, 2.24) is 0 Å². The van der Waals surface area contributed by atoms with Crippen LogP contribution >= 0.6 is 11.3 Å². The molecule has 7 heteroatoms. The topological polar surface area (TPSA) is 112 Å². The van der Waals surface area contributed by atoms with Gasteiger partial charge in [-0.25, -0.2) is 0 Å². The molecule has 3 aliphatic rings. The van der Waals surface area contributed by atoms with E-state index in [9.17, 15) is 19.5 Å². The highest BCUT2D eigenvalue weighted by molar-refractivity contribution is 7.17. The number of thiophene rings is 1. The van der Waals surface area contributed by atoms with E-state index in [0.717, 1.165) is 61.8 Å². The third kappa shape index (κ3) is 3.23. The highest BCUT2D eigenvalue weighted by Gasteiger charge is 2.51. The van der Waals surface area contributed by atoms with Crippen molar-refractivity contribution in [2.75, 3.05) is 5.32 Å². The van der Waals surface area contributed by atoms with E-state index in [1.807, 2.05) is 0 Å². The Kier molecular flexibility index (Phi) is 5.21. The van der Waals surface area contributed by atoms with Gasteiger partial charge in [-0.2, -0.15) is 0 Å². The summed E-state index contributed by atoms with van der Waals surface area (Å²) in [6.45, 7) is 2.17. The number of primary amides is 1. The second-order valence-electron chi connectivity index (χ2n) is 8.66. The van der Waals surface area contributed by atoms with Crippen LogP contribution in [0.4, 0.5) is 5.00 Å². The van der Waals surface area contributed by atoms with Crippen molar-refractivity contribution in [3.63, 3.8) is 0 Å². The number of amides is 2. The fourth-order valence-electron chi connectivity index (χ4n) is 5.86. The molecule has 0 radical (unpaired) electrons. The van der Waals surface area contributed by atoms with E-state index in [1.165, 1.54) is 11.3 Å². The summed E-state index contributed by atoms with van der Waals surface area (Å²) in [4.78, 5) is 37.9. The molecule has 6 nitrogen and oxygen atoms in total. The lowest BCUT2D eigenvalue weighted by molar-refractivity contribution is -0.314. The molecule has 0 aliphatic heterocycles. The van der Waals surface area contributed by atoms with Crippen LogP contribution in [-0.2, 0) is 22.4 Å². The van der Waals surface area contributed by atoms with Crippen LogP contribution in [-0.4, -0.2) is 17.8 Å². The van der Waals surface area contributed by atoms with Crippen LogP contribution in [0, 0.1) is 29.6 Å². The molecule has 4 rings (SSSR count). The van der Waals surface area contributed by atoms with E-state index in [-0.39, 0.29) is 17.7 Å². The maximum atomic E-state index is 13.0. The van der Waals surface area contributed by atoms with Gasteiger partial charge in [0.05, 0.1) is 5.56 Å². The molecule has 2 saturated carbocycles. The maximum Gasteiger partial charge on any atom is 0.251 e. The highest BCUT2D eigenvalue weighted by atomic mass is 32.1. The zero-order valence-corrected chi connectivity index (χ0v) is 17.0. The van der Waals surface area contributed by atoms with Crippen molar-refractivity contribution in [2.45, 2.75) is 58.3 Å². The fourth-order valence-corrected chi connectivity index (χ4v) is 7.23. The lowest BCUT2D eigenvalue weighted by atomic mass is 9.78. The highest BCUT2D eigenvalue weighted by Crippen LogP contribution is 2.52. The molecule has 0 unspecified atom stereocenters. The molecule has 152 valence electrons. The summed E-state index contributed by atoms with van der Waals surface area (Å²) in [5.74, 6) is -2.51. The number of fused-ring (bicyclic) bond motifs is 3. The fraction of sp³-hybridized carbons (Fsp3) is 0.667. The number of carboxylic acids is 1. The number of carbonyl (C=O) groups is 3. The van der Waals surface area contributed by atoms with Crippen LogP contribution in [0.1, 0.15) is 66.2 Å². The first-order chi connectivity index (χ1) is 13.4. The van der Waals surface area contributed by atoms with Crippen molar-refractivity contribution in [2.24, 2.45) is 35.3 Å². The van der Waals surface area contributed by atoms with Gasteiger partial charge in [0.25, 0.3) is 5.91 Å². The zero-order chi connectivity index (χ0) is 20.0. The molecule has 28 heavy (non-hydrogen) atoms. The molecule has 2 amide bonds. The van der Waals surface area contributed by atoms with E-state index in [4.69, 9.17) is 5.73 Å². The van der Waals surface area contributed by atoms with Gasteiger partial charge in [0.2, 0.25) is 5.91 Å². The summed E-state index contributed by atoms with van der Waals surface area (Å²) < 4.78 is 0. The molecule has 0 saturated heterocycles. The van der Waals surface area contributed by atoms with Crippen molar-refractivity contribution in [1.29, 1.82) is 0 Å². The molecule has 3 N–H and O–H groups in total. The first-order valence-corrected chi connectivity index (χ1v) is 11.2. The summed E-state index contributed by atoms with van der Waals surface area (Å²) in [6, 6.07) is 0. The van der Waals surface area contributed by atoms with Crippen LogP contribution in [0.3, 0.4) is 0 Å². The van der Waals surface area contributed by atoms with E-state index in [2.05, 4.69) is 12.2 Å². The Hall–Kier alpha value is -1.89. The van der Waals surface area contributed by atoms with Gasteiger partial charge >= 0.3 is 0 Å². The van der Waals surface area contributed by atoms with Gasteiger partial charge in [-0.3, -0.25) is 9.59 Å². The number of aliphatic carboxylic acids is 1. The molecule has 5 atom stereocenters. The molecule has 1 aromatic heterocycles. The number of nitrogens with one attached hydrogen (secondary N) is 1. The van der Waals surface area contributed by atoms with Gasteiger partial charge in [0.1, 0.15) is 5.00 Å². The van der Waals surface area contributed by atoms with Gasteiger partial charge in [0, 0.05) is 22.7 Å². The molecular formula is C21H27N2O4S-. The van der Waals surface area contributed by atoms with E-state index in [0.29, 0.717) is 16.5 Å². The molecule has 1 aromatic rings. The number of nitrogens with two attached hydrogens (primary N) is 1. The van der Waals surface area contributed by atoms with Gasteiger partial charge in [-0.1, -0.05) is 19.8 Å². The standard InChI is InChI=1S/C21H28N2O4S/c1-2-3-10-4-7-13-14(8-10)28-20(17(13)18(22)24)23-19(25)15-11-5-6-12(9-11)16(15)21(26)27/h10-12,15-16H,2-9H2,1H3,(H2,22,24)(H,23,25)(H,26,27)/p-1/t10-,11-,12-,15-,16+/m1/s1. The molecule has 2 fully saturated rings. The first-order valence-electron chi connectivity index (χ1n) is 10.4. The van der Waals surface area contributed by atoms with Crippen molar-refractivity contribution >= 4 is 34.1 Å². The Morgan fingerprint density at radius 1 is 1.18 bits per heavy atom. The van der Waals surface area contributed by atoms with Gasteiger partial charge < -0.3 is 21.0 Å². The smallest absolute Gasteiger partial charge is 0.251 e. The van der Waals surface area contributed by atoms with E-state index < -0.39 is 23.7 Å². The monoisotopic (exact) mass is 403 g/mol. The first kappa shape index (κ1) is 19.4. The normalized spacial score (nSPS) is 30.8. The number of carbonyl (C=O) groups excluding carboxylic acids is 3. The van der Waals surface area contributed by atoms with E-state index >= 15 is 0 Å². The van der Waals surface area contributed by atoms with Crippen molar-refractivity contribution in [3.8, 4) is 0 Å². The summed E-state index contributed by atoms with van der Waals surface area (Å²) >= 11 is 1.44.